The van der Waals surface area contributed by atoms with Crippen LogP contribution in [0, 0.1) is 0 Å². The Morgan fingerprint density at radius 1 is 0.767 bits per heavy atom. The Balaban J connectivity index is 1.84. The van der Waals surface area contributed by atoms with E-state index in [1.165, 1.54) is 6.92 Å². The maximum absolute atomic E-state index is 11.5. The first-order valence-corrected chi connectivity index (χ1v) is 9.87. The van der Waals surface area contributed by atoms with Crippen LogP contribution in [0.1, 0.15) is 12.5 Å². The molecule has 0 atom stereocenters. The van der Waals surface area contributed by atoms with Gasteiger partial charge in [-0.25, -0.2) is 4.98 Å². The molecule has 0 unspecified atom stereocenters. The maximum atomic E-state index is 11.5. The van der Waals surface area contributed by atoms with Crippen LogP contribution in [0.5, 0.6) is 0 Å². The van der Waals surface area contributed by atoms with E-state index in [0.29, 0.717) is 6.54 Å². The molecular weight excluding hydrogens is 370 g/mol. The Morgan fingerprint density at radius 2 is 1.43 bits per heavy atom. The number of nitrogens with one attached hydrogen (secondary N) is 1. The van der Waals surface area contributed by atoms with Crippen molar-refractivity contribution in [2.45, 2.75) is 13.5 Å². The zero-order chi connectivity index (χ0) is 20.9. The summed E-state index contributed by atoms with van der Waals surface area (Å²) < 4.78 is 0. The second kappa shape index (κ2) is 8.72. The van der Waals surface area contributed by atoms with Gasteiger partial charge >= 0.3 is 0 Å². The second-order valence-electron chi connectivity index (χ2n) is 7.16. The van der Waals surface area contributed by atoms with E-state index in [0.717, 1.165) is 44.9 Å². The Hall–Kier alpha value is -3.76. The molecule has 1 amide bonds. The molecular formula is C26H23N3O. The van der Waals surface area contributed by atoms with Crippen molar-refractivity contribution in [2.75, 3.05) is 5.32 Å². The third-order valence-corrected chi connectivity index (χ3v) is 4.90. The summed E-state index contributed by atoms with van der Waals surface area (Å²) in [4.78, 5) is 16.4. The lowest BCUT2D eigenvalue weighted by Gasteiger charge is -2.12. The molecule has 3 aromatic carbocycles. The Bertz CT molecular complexity index is 1170. The lowest BCUT2D eigenvalue weighted by atomic mass is 9.99. The number of carbonyl (C=O) groups is 1. The Morgan fingerprint density at radius 3 is 2.10 bits per heavy atom. The van der Waals surface area contributed by atoms with E-state index < -0.39 is 0 Å². The van der Waals surface area contributed by atoms with Crippen LogP contribution in [0.25, 0.3) is 33.6 Å². The molecule has 0 bridgehead atoms. The molecule has 30 heavy (non-hydrogen) atoms. The smallest absolute Gasteiger partial charge is 0.221 e. The van der Waals surface area contributed by atoms with Crippen molar-refractivity contribution in [1.29, 1.82) is 0 Å². The summed E-state index contributed by atoms with van der Waals surface area (Å²) in [7, 11) is 0. The SMILES string of the molecule is CC(=O)Nc1cccc(-c2cc(-c3ccc(CN)cc3)cc(-c3ccccc3)n2)c1. The second-order valence-corrected chi connectivity index (χ2v) is 7.16. The number of hydrogen-bond acceptors (Lipinski definition) is 3. The van der Waals surface area contributed by atoms with Crippen LogP contribution in [0.15, 0.2) is 91.0 Å². The van der Waals surface area contributed by atoms with Gasteiger partial charge in [-0.2, -0.15) is 0 Å². The van der Waals surface area contributed by atoms with Gasteiger partial charge in [0.1, 0.15) is 0 Å². The predicted molar refractivity (Wildman–Crippen MR) is 123 cm³/mol. The fourth-order valence-corrected chi connectivity index (χ4v) is 3.39. The highest BCUT2D eigenvalue weighted by Gasteiger charge is 2.10. The minimum absolute atomic E-state index is 0.0983. The van der Waals surface area contributed by atoms with Gasteiger partial charge in [-0.05, 0) is 41.0 Å². The van der Waals surface area contributed by atoms with Gasteiger partial charge in [-0.1, -0.05) is 66.7 Å². The van der Waals surface area contributed by atoms with E-state index in [1.54, 1.807) is 0 Å². The van der Waals surface area contributed by atoms with E-state index in [-0.39, 0.29) is 5.91 Å². The standard InChI is InChI=1S/C26H23N3O/c1-18(30)28-24-9-5-8-22(14-24)26-16-23(20-12-10-19(17-27)11-13-20)15-25(29-26)21-6-3-2-4-7-21/h2-16H,17,27H2,1H3,(H,28,30). The van der Waals surface area contributed by atoms with Crippen LogP contribution in [0.3, 0.4) is 0 Å². The summed E-state index contributed by atoms with van der Waals surface area (Å²) in [6.07, 6.45) is 0. The minimum atomic E-state index is -0.0983. The van der Waals surface area contributed by atoms with Crippen LogP contribution >= 0.6 is 0 Å². The fourth-order valence-electron chi connectivity index (χ4n) is 3.39. The molecule has 0 fully saturated rings. The molecule has 4 nitrogen and oxygen atoms in total. The number of nitrogens with zero attached hydrogens (tertiary/aromatic N) is 1. The number of aromatic nitrogens is 1. The van der Waals surface area contributed by atoms with Crippen LogP contribution in [0.2, 0.25) is 0 Å². The van der Waals surface area contributed by atoms with Crippen molar-refractivity contribution in [2.24, 2.45) is 5.73 Å². The topological polar surface area (TPSA) is 68.0 Å². The van der Waals surface area contributed by atoms with E-state index in [2.05, 4.69) is 53.8 Å². The molecule has 0 spiro atoms. The summed E-state index contributed by atoms with van der Waals surface area (Å²) in [5.41, 5.74) is 13.5. The lowest BCUT2D eigenvalue weighted by Crippen LogP contribution is -2.05. The summed E-state index contributed by atoms with van der Waals surface area (Å²) in [6.45, 7) is 2.02. The third-order valence-electron chi connectivity index (χ3n) is 4.90. The van der Waals surface area contributed by atoms with Gasteiger partial charge in [-0.15, -0.1) is 0 Å². The summed E-state index contributed by atoms with van der Waals surface area (Å²) in [5, 5.41) is 2.84. The van der Waals surface area contributed by atoms with Crippen molar-refractivity contribution < 1.29 is 4.79 Å². The van der Waals surface area contributed by atoms with Gasteiger partial charge in [0, 0.05) is 30.3 Å². The number of anilines is 1. The summed E-state index contributed by atoms with van der Waals surface area (Å²) in [5.74, 6) is -0.0983. The Labute approximate surface area is 176 Å². The largest absolute Gasteiger partial charge is 0.326 e. The van der Waals surface area contributed by atoms with Crippen molar-refractivity contribution in [3.05, 3.63) is 96.6 Å². The zero-order valence-electron chi connectivity index (χ0n) is 16.8. The lowest BCUT2D eigenvalue weighted by molar-refractivity contribution is -0.114. The van der Waals surface area contributed by atoms with Gasteiger partial charge in [0.15, 0.2) is 0 Å². The van der Waals surface area contributed by atoms with Crippen LogP contribution in [-0.4, -0.2) is 10.9 Å². The molecule has 148 valence electrons. The van der Waals surface area contributed by atoms with Crippen LogP contribution in [-0.2, 0) is 11.3 Å². The number of hydrogen-bond donors (Lipinski definition) is 2. The van der Waals surface area contributed by atoms with Crippen molar-refractivity contribution in [3.8, 4) is 33.6 Å². The zero-order valence-corrected chi connectivity index (χ0v) is 16.8. The maximum Gasteiger partial charge on any atom is 0.221 e. The average molecular weight is 393 g/mol. The summed E-state index contributed by atoms with van der Waals surface area (Å²) in [6, 6.07) is 30.3. The molecule has 1 aromatic heterocycles. The first-order valence-electron chi connectivity index (χ1n) is 9.87. The minimum Gasteiger partial charge on any atom is -0.326 e. The highest BCUT2D eigenvalue weighted by Crippen LogP contribution is 2.31. The number of pyridine rings is 1. The fraction of sp³-hybridized carbons (Fsp3) is 0.0769. The highest BCUT2D eigenvalue weighted by atomic mass is 16.1. The van der Waals surface area contributed by atoms with Gasteiger partial charge in [0.2, 0.25) is 5.91 Å². The normalized spacial score (nSPS) is 10.6. The molecule has 1 heterocycles. The van der Waals surface area contributed by atoms with E-state index in [1.807, 2.05) is 42.5 Å². The van der Waals surface area contributed by atoms with Crippen LogP contribution in [0.4, 0.5) is 5.69 Å². The number of amides is 1. The van der Waals surface area contributed by atoms with Gasteiger partial charge < -0.3 is 11.1 Å². The first-order chi connectivity index (χ1) is 14.6. The van der Waals surface area contributed by atoms with Crippen LogP contribution < -0.4 is 11.1 Å². The number of benzene rings is 3. The molecule has 3 N–H and O–H groups in total. The monoisotopic (exact) mass is 393 g/mol. The predicted octanol–water partition coefficient (Wildman–Crippen LogP) is 5.50. The molecule has 0 saturated carbocycles. The number of rotatable bonds is 5. The molecule has 0 radical (unpaired) electrons. The van der Waals surface area contributed by atoms with E-state index in [4.69, 9.17) is 10.7 Å². The van der Waals surface area contributed by atoms with E-state index >= 15 is 0 Å². The molecule has 0 aliphatic rings. The quantitative estimate of drug-likeness (QED) is 0.470. The highest BCUT2D eigenvalue weighted by molar-refractivity contribution is 5.89. The number of nitrogens with two attached hydrogens (primary N) is 1. The molecule has 4 aromatic rings. The van der Waals surface area contributed by atoms with Gasteiger partial charge in [0.25, 0.3) is 0 Å². The molecule has 0 saturated heterocycles. The van der Waals surface area contributed by atoms with Gasteiger partial charge in [0.05, 0.1) is 11.4 Å². The number of carbonyl (C=O) groups excluding carboxylic acids is 1. The average Bonchev–Trinajstić information content (AvgIpc) is 2.79. The van der Waals surface area contributed by atoms with Crippen molar-refractivity contribution in [1.82, 2.24) is 4.98 Å². The third kappa shape index (κ3) is 4.45. The molecule has 4 rings (SSSR count). The van der Waals surface area contributed by atoms with Crippen molar-refractivity contribution in [3.63, 3.8) is 0 Å². The molecule has 0 aliphatic heterocycles. The molecule has 4 heteroatoms. The first kappa shape index (κ1) is 19.6. The molecule has 0 aliphatic carbocycles. The van der Waals surface area contributed by atoms with Crippen molar-refractivity contribution >= 4 is 11.6 Å². The Kier molecular flexibility index (Phi) is 5.68. The summed E-state index contributed by atoms with van der Waals surface area (Å²) >= 11 is 0. The van der Waals surface area contributed by atoms with Gasteiger partial charge in [-0.3, -0.25) is 4.79 Å². The van der Waals surface area contributed by atoms with E-state index in [9.17, 15) is 4.79 Å².